The third-order valence-electron chi connectivity index (χ3n) is 4.10. The summed E-state index contributed by atoms with van der Waals surface area (Å²) in [6.45, 7) is 6.54. The molecule has 0 spiro atoms. The van der Waals surface area contributed by atoms with Gasteiger partial charge in [-0.05, 0) is 25.8 Å². The Morgan fingerprint density at radius 2 is 1.70 bits per heavy atom. The van der Waals surface area contributed by atoms with Gasteiger partial charge in [0.25, 0.3) is 0 Å². The van der Waals surface area contributed by atoms with Crippen LogP contribution in [-0.4, -0.2) is 31.1 Å². The number of carbonyl (C=O) groups is 1. The molecule has 1 heterocycles. The minimum Gasteiger partial charge on any atom is -0.466 e. The first-order valence-corrected chi connectivity index (χ1v) is 8.77. The van der Waals surface area contributed by atoms with Gasteiger partial charge < -0.3 is 9.47 Å². The quantitative estimate of drug-likeness (QED) is 0.259. The second kappa shape index (κ2) is 10.1. The maximum atomic E-state index is 11.2. The van der Waals surface area contributed by atoms with Gasteiger partial charge in [-0.25, -0.2) is 14.6 Å². The van der Waals surface area contributed by atoms with Crippen LogP contribution in [0.3, 0.4) is 0 Å². The van der Waals surface area contributed by atoms with Crippen molar-refractivity contribution < 1.29 is 24.0 Å². The number of ether oxygens (including phenoxy) is 2. The molecule has 0 radical (unpaired) electrons. The molecule has 1 unspecified atom stereocenters. The monoisotopic (exact) mass is 328 g/mol. The van der Waals surface area contributed by atoms with Crippen LogP contribution in [0.4, 0.5) is 0 Å². The third kappa shape index (κ3) is 7.02. The molecule has 1 saturated heterocycles. The van der Waals surface area contributed by atoms with E-state index in [9.17, 15) is 4.79 Å². The molecular formula is C18H32O5. The fourth-order valence-electron chi connectivity index (χ4n) is 2.52. The van der Waals surface area contributed by atoms with Crippen molar-refractivity contribution in [2.45, 2.75) is 83.5 Å². The van der Waals surface area contributed by atoms with Crippen molar-refractivity contribution in [2.24, 2.45) is 0 Å². The third-order valence-corrected chi connectivity index (χ3v) is 4.10. The molecule has 0 aromatic heterocycles. The van der Waals surface area contributed by atoms with Crippen molar-refractivity contribution in [3.63, 3.8) is 0 Å². The Hall–Kier alpha value is -0.910. The summed E-state index contributed by atoms with van der Waals surface area (Å²) in [5, 5.41) is 0. The molecular weight excluding hydrogens is 296 g/mol. The Morgan fingerprint density at radius 1 is 1.09 bits per heavy atom. The first-order chi connectivity index (χ1) is 11.0. The predicted molar refractivity (Wildman–Crippen MR) is 88.7 cm³/mol. The predicted octanol–water partition coefficient (Wildman–Crippen LogP) is 4.31. The van der Waals surface area contributed by atoms with Crippen LogP contribution in [0.2, 0.25) is 0 Å². The molecule has 23 heavy (non-hydrogen) atoms. The summed E-state index contributed by atoms with van der Waals surface area (Å²) in [6.07, 6.45) is 11.4. The van der Waals surface area contributed by atoms with Crippen LogP contribution in [-0.2, 0) is 24.0 Å². The number of hydrogen-bond donors (Lipinski definition) is 0. The standard InChI is InChI=1S/C18H32O5/c1-5-7-9-12-18(13-10-8-6-2)21-15-17(3,22-23-18)14-11-16(19)20-4/h11,14H,5-10,12-13,15H2,1-4H3/b14-11+. The average Bonchev–Trinajstić information content (AvgIpc) is 2.56. The number of carbonyl (C=O) groups excluding carboxylic acids is 1. The van der Waals surface area contributed by atoms with Gasteiger partial charge in [0.2, 0.25) is 5.79 Å². The maximum absolute atomic E-state index is 11.2. The Morgan fingerprint density at radius 3 is 2.13 bits per heavy atom. The number of esters is 1. The SMILES string of the molecule is CCCCCC1(CCCCC)OCC(C)(/C=C/C(=O)OC)OO1. The van der Waals surface area contributed by atoms with E-state index in [1.165, 1.54) is 13.2 Å². The fourth-order valence-corrected chi connectivity index (χ4v) is 2.52. The highest BCUT2D eigenvalue weighted by Crippen LogP contribution is 2.35. The van der Waals surface area contributed by atoms with Crippen molar-refractivity contribution in [3.05, 3.63) is 12.2 Å². The highest BCUT2D eigenvalue weighted by molar-refractivity contribution is 5.81. The van der Waals surface area contributed by atoms with E-state index < -0.39 is 17.4 Å². The topological polar surface area (TPSA) is 54.0 Å². The second-order valence-electron chi connectivity index (χ2n) is 6.45. The largest absolute Gasteiger partial charge is 0.466 e. The fraction of sp³-hybridized carbons (Fsp3) is 0.833. The minimum absolute atomic E-state index is 0.360. The van der Waals surface area contributed by atoms with E-state index >= 15 is 0 Å². The summed E-state index contributed by atoms with van der Waals surface area (Å²) in [5.74, 6) is -1.07. The Bertz CT molecular complexity index is 358. The van der Waals surface area contributed by atoms with Crippen LogP contribution in [0, 0.1) is 0 Å². The van der Waals surface area contributed by atoms with Gasteiger partial charge in [-0.3, -0.25) is 0 Å². The first-order valence-electron chi connectivity index (χ1n) is 8.77. The van der Waals surface area contributed by atoms with E-state index in [4.69, 9.17) is 14.5 Å². The average molecular weight is 328 g/mol. The Kier molecular flexibility index (Phi) is 8.81. The highest BCUT2D eigenvalue weighted by atomic mass is 17.2. The maximum Gasteiger partial charge on any atom is 0.330 e. The van der Waals surface area contributed by atoms with Gasteiger partial charge in [-0.15, -0.1) is 0 Å². The summed E-state index contributed by atoms with van der Waals surface area (Å²) in [7, 11) is 1.34. The van der Waals surface area contributed by atoms with E-state index in [1.807, 2.05) is 6.92 Å². The molecule has 0 aliphatic carbocycles. The molecule has 0 amide bonds. The molecule has 0 N–H and O–H groups in total. The zero-order valence-corrected chi connectivity index (χ0v) is 15.1. The van der Waals surface area contributed by atoms with Gasteiger partial charge in [0.05, 0.1) is 13.7 Å². The van der Waals surface area contributed by atoms with Crippen LogP contribution < -0.4 is 0 Å². The van der Waals surface area contributed by atoms with Gasteiger partial charge in [0.1, 0.15) is 5.60 Å². The summed E-state index contributed by atoms with van der Waals surface area (Å²) in [6, 6.07) is 0. The molecule has 1 fully saturated rings. The lowest BCUT2D eigenvalue weighted by atomic mass is 9.99. The number of rotatable bonds is 10. The van der Waals surface area contributed by atoms with Crippen LogP contribution in [0.25, 0.3) is 0 Å². The molecule has 1 atom stereocenters. The molecule has 5 nitrogen and oxygen atoms in total. The molecule has 0 aromatic rings. The molecule has 5 heteroatoms. The lowest BCUT2D eigenvalue weighted by Crippen LogP contribution is -2.50. The van der Waals surface area contributed by atoms with Gasteiger partial charge in [0, 0.05) is 18.9 Å². The second-order valence-corrected chi connectivity index (χ2v) is 6.45. The van der Waals surface area contributed by atoms with Crippen molar-refractivity contribution in [1.29, 1.82) is 0 Å². The summed E-state index contributed by atoms with van der Waals surface area (Å²) >= 11 is 0. The minimum atomic E-state index is -0.771. The molecule has 0 aromatic carbocycles. The van der Waals surface area contributed by atoms with Crippen molar-refractivity contribution in [3.8, 4) is 0 Å². The van der Waals surface area contributed by atoms with Crippen LogP contribution in [0.5, 0.6) is 0 Å². The van der Waals surface area contributed by atoms with Gasteiger partial charge in [0.15, 0.2) is 0 Å². The highest BCUT2D eigenvalue weighted by Gasteiger charge is 2.42. The zero-order chi connectivity index (χ0) is 17.2. The molecule has 1 aliphatic rings. The van der Waals surface area contributed by atoms with E-state index in [-0.39, 0.29) is 0 Å². The van der Waals surface area contributed by atoms with Gasteiger partial charge >= 0.3 is 5.97 Å². The van der Waals surface area contributed by atoms with Crippen LogP contribution in [0.1, 0.15) is 72.1 Å². The van der Waals surface area contributed by atoms with Crippen molar-refractivity contribution >= 4 is 5.97 Å². The van der Waals surface area contributed by atoms with Crippen molar-refractivity contribution in [2.75, 3.05) is 13.7 Å². The van der Waals surface area contributed by atoms with Gasteiger partial charge in [-0.2, -0.15) is 0 Å². The summed E-state index contributed by atoms with van der Waals surface area (Å²) in [5.41, 5.74) is -0.771. The molecule has 0 bridgehead atoms. The Labute approximate surface area is 140 Å². The first kappa shape index (κ1) is 20.1. The molecule has 0 saturated carbocycles. The summed E-state index contributed by atoms with van der Waals surface area (Å²) in [4.78, 5) is 22.6. The lowest BCUT2D eigenvalue weighted by molar-refractivity contribution is -0.503. The normalized spacial score (nSPS) is 24.0. The molecule has 1 aliphatic heterocycles. The van der Waals surface area contributed by atoms with E-state index in [1.54, 1.807) is 6.08 Å². The molecule has 1 rings (SSSR count). The lowest BCUT2D eigenvalue weighted by Gasteiger charge is -2.42. The van der Waals surface area contributed by atoms with Crippen molar-refractivity contribution in [1.82, 2.24) is 0 Å². The smallest absolute Gasteiger partial charge is 0.330 e. The van der Waals surface area contributed by atoms with Crippen LogP contribution >= 0.6 is 0 Å². The Balaban J connectivity index is 2.62. The van der Waals surface area contributed by atoms with E-state index in [0.29, 0.717) is 6.61 Å². The summed E-state index contributed by atoms with van der Waals surface area (Å²) < 4.78 is 10.7. The number of hydrogen-bond acceptors (Lipinski definition) is 5. The van der Waals surface area contributed by atoms with E-state index in [0.717, 1.165) is 51.4 Å². The van der Waals surface area contributed by atoms with E-state index in [2.05, 4.69) is 18.6 Å². The zero-order valence-electron chi connectivity index (χ0n) is 15.1. The van der Waals surface area contributed by atoms with Crippen LogP contribution in [0.15, 0.2) is 12.2 Å². The number of unbranched alkanes of at least 4 members (excludes halogenated alkanes) is 4. The van der Waals surface area contributed by atoms with Gasteiger partial charge in [-0.1, -0.05) is 39.5 Å². The molecule has 134 valence electrons. The number of methoxy groups -OCH3 is 1.